The van der Waals surface area contributed by atoms with Gasteiger partial charge in [0.2, 0.25) is 0 Å². The van der Waals surface area contributed by atoms with Gasteiger partial charge in [-0.05, 0) is 0 Å². The molecule has 0 radical (unpaired) electrons. The molecule has 0 amide bonds. The van der Waals surface area contributed by atoms with Crippen LogP contribution >= 0.6 is 0 Å². The maximum atomic E-state index is 2.50. The predicted octanol–water partition coefficient (Wildman–Crippen LogP) is -3.16. The zero-order chi connectivity index (χ0) is 16.4. The van der Waals surface area contributed by atoms with E-state index in [0.29, 0.717) is 5.92 Å². The molecule has 0 atom stereocenters. The van der Waals surface area contributed by atoms with E-state index in [1.807, 2.05) is 0 Å². The van der Waals surface area contributed by atoms with Gasteiger partial charge in [-0.25, -0.2) is 0 Å². The summed E-state index contributed by atoms with van der Waals surface area (Å²) in [7, 11) is -1.27. The molecule has 3 rings (SSSR count). The molecule has 0 aliphatic heterocycles. The van der Waals surface area contributed by atoms with E-state index in [9.17, 15) is 0 Å². The zero-order valence-corrected chi connectivity index (χ0v) is 20.1. The molecule has 0 fully saturated rings. The molecule has 0 nitrogen and oxygen atoms in total. The minimum atomic E-state index is -1.27. The van der Waals surface area contributed by atoms with Crippen molar-refractivity contribution in [3.63, 3.8) is 0 Å². The maximum Gasteiger partial charge on any atom is -1.00 e. The van der Waals surface area contributed by atoms with Crippen molar-refractivity contribution < 1.29 is 57.7 Å². The molecule has 5 heteroatoms. The van der Waals surface area contributed by atoms with Crippen LogP contribution in [0, 0.1) is 0 Å². The number of halogens is 3. The van der Waals surface area contributed by atoms with Crippen molar-refractivity contribution in [2.45, 2.75) is 32.0 Å². The first-order valence-electron chi connectivity index (χ1n) is 8.24. The summed E-state index contributed by atoms with van der Waals surface area (Å²) in [4.78, 5) is 0. The van der Waals surface area contributed by atoms with Crippen LogP contribution in [0.2, 0.25) is 19.6 Å². The molecular weight excluding hydrogens is 435 g/mol. The second-order valence-corrected chi connectivity index (χ2v) is 13.0. The van der Waals surface area contributed by atoms with Crippen molar-refractivity contribution in [2.24, 2.45) is 0 Å². The SMILES string of the molecule is C[Si](C)(C)C1=CCC(C(c2ccccc2)c2ccccc2)=[C]1[Ti+3].[Cl-].[Cl-].[Cl-]. The number of rotatable bonds is 4. The summed E-state index contributed by atoms with van der Waals surface area (Å²) in [5.74, 6) is 0.377. The average Bonchev–Trinajstić information content (AvgIpc) is 2.92. The monoisotopic (exact) mass is 456 g/mol. The molecule has 1 aliphatic rings. The smallest absolute Gasteiger partial charge is 1.00 e. The predicted molar refractivity (Wildman–Crippen MR) is 97.8 cm³/mol. The fourth-order valence-electron chi connectivity index (χ4n) is 3.42. The molecule has 0 saturated carbocycles. The van der Waals surface area contributed by atoms with Crippen LogP contribution in [0.5, 0.6) is 0 Å². The van der Waals surface area contributed by atoms with Crippen LogP contribution in [0.15, 0.2) is 81.4 Å². The summed E-state index contributed by atoms with van der Waals surface area (Å²) in [5, 5.41) is 1.64. The van der Waals surface area contributed by atoms with Gasteiger partial charge in [0, 0.05) is 0 Å². The molecule has 0 spiro atoms. The quantitative estimate of drug-likeness (QED) is 0.426. The molecular formula is C21H23Cl3SiTi. The minimum Gasteiger partial charge on any atom is -1.00 e. The van der Waals surface area contributed by atoms with Gasteiger partial charge in [0.25, 0.3) is 0 Å². The molecule has 0 heterocycles. The number of allylic oxidation sites excluding steroid dienone is 4. The molecule has 0 N–H and O–H groups in total. The van der Waals surface area contributed by atoms with Crippen molar-refractivity contribution >= 4 is 8.07 Å². The van der Waals surface area contributed by atoms with Gasteiger partial charge in [0.15, 0.2) is 0 Å². The number of benzene rings is 2. The van der Waals surface area contributed by atoms with Gasteiger partial charge in [-0.15, -0.1) is 0 Å². The van der Waals surface area contributed by atoms with E-state index in [4.69, 9.17) is 0 Å². The summed E-state index contributed by atoms with van der Waals surface area (Å²) < 4.78 is 1.54. The summed E-state index contributed by atoms with van der Waals surface area (Å²) in [5.41, 5.74) is 4.39. The second-order valence-electron chi connectivity index (χ2n) is 7.23. The van der Waals surface area contributed by atoms with Gasteiger partial charge in [-0.1, -0.05) is 0 Å². The average molecular weight is 458 g/mol. The Morgan fingerprint density at radius 3 is 1.54 bits per heavy atom. The normalized spacial score (nSPS) is 13.5. The Bertz CT molecular complexity index is 710. The van der Waals surface area contributed by atoms with E-state index in [1.54, 1.807) is 14.6 Å². The van der Waals surface area contributed by atoms with E-state index in [-0.39, 0.29) is 37.2 Å². The third-order valence-electron chi connectivity index (χ3n) is 4.54. The molecule has 0 aromatic heterocycles. The van der Waals surface area contributed by atoms with E-state index >= 15 is 0 Å². The van der Waals surface area contributed by atoms with Gasteiger partial charge in [-0.3, -0.25) is 0 Å². The third-order valence-corrected chi connectivity index (χ3v) is 7.92. The first-order chi connectivity index (χ1) is 11.0. The van der Waals surface area contributed by atoms with Crippen molar-refractivity contribution in [3.8, 4) is 0 Å². The zero-order valence-electron chi connectivity index (χ0n) is 15.3. The van der Waals surface area contributed by atoms with Crippen molar-refractivity contribution in [3.05, 3.63) is 92.5 Å². The molecule has 0 bridgehead atoms. The van der Waals surface area contributed by atoms with Crippen molar-refractivity contribution in [2.75, 3.05) is 0 Å². The Morgan fingerprint density at radius 1 is 0.769 bits per heavy atom. The second kappa shape index (κ2) is 10.9. The third kappa shape index (κ3) is 5.61. The largest absolute Gasteiger partial charge is 1.00 e. The van der Waals surface area contributed by atoms with Crippen LogP contribution in [0.3, 0.4) is 0 Å². The van der Waals surface area contributed by atoms with Crippen LogP contribution in [-0.2, 0) is 20.4 Å². The molecule has 136 valence electrons. The topological polar surface area (TPSA) is 0 Å². The fraction of sp³-hybridized carbons (Fsp3) is 0.238. The Balaban J connectivity index is 0.00000208. The van der Waals surface area contributed by atoms with Crippen LogP contribution in [0.25, 0.3) is 0 Å². The van der Waals surface area contributed by atoms with E-state index in [1.165, 1.54) is 11.1 Å². The number of hydrogen-bond acceptors (Lipinski definition) is 0. The molecule has 0 unspecified atom stereocenters. The van der Waals surface area contributed by atoms with Gasteiger partial charge < -0.3 is 37.2 Å². The van der Waals surface area contributed by atoms with E-state index < -0.39 is 8.07 Å². The molecule has 26 heavy (non-hydrogen) atoms. The van der Waals surface area contributed by atoms with Crippen LogP contribution in [0.4, 0.5) is 0 Å². The summed E-state index contributed by atoms with van der Waals surface area (Å²) in [6, 6.07) is 21.9. The molecule has 2 aromatic rings. The minimum absolute atomic E-state index is 0. The Kier molecular flexibility index (Phi) is 10.8. The van der Waals surface area contributed by atoms with E-state index in [0.717, 1.165) is 6.42 Å². The standard InChI is InChI=1S/C21H23Si.3ClH.Ti/c1-22(2,3)20-15-14-19(16-20)21(17-10-6-4-7-11-17)18-12-8-5-9-13-18;;;;/h4-13,15,21H,14H2,1-3H3;3*1H;/q;;;;+3/p-3. The Morgan fingerprint density at radius 2 is 1.19 bits per heavy atom. The fourth-order valence-corrected chi connectivity index (χ4v) is 7.34. The molecule has 0 saturated heterocycles. The van der Waals surface area contributed by atoms with Crippen LogP contribution < -0.4 is 37.2 Å². The van der Waals surface area contributed by atoms with Crippen LogP contribution in [-0.4, -0.2) is 8.07 Å². The van der Waals surface area contributed by atoms with Crippen molar-refractivity contribution in [1.82, 2.24) is 0 Å². The van der Waals surface area contributed by atoms with Crippen LogP contribution in [0.1, 0.15) is 23.5 Å². The number of hydrogen-bond donors (Lipinski definition) is 0. The van der Waals surface area contributed by atoms with E-state index in [2.05, 4.69) is 107 Å². The maximum absolute atomic E-state index is 2.50. The first kappa shape index (κ1) is 25.7. The van der Waals surface area contributed by atoms with Crippen molar-refractivity contribution in [1.29, 1.82) is 0 Å². The van der Waals surface area contributed by atoms with Gasteiger partial charge in [0.1, 0.15) is 0 Å². The summed E-state index contributed by atoms with van der Waals surface area (Å²) in [6.45, 7) is 7.35. The van der Waals surface area contributed by atoms with Gasteiger partial charge >= 0.3 is 153 Å². The van der Waals surface area contributed by atoms with Gasteiger partial charge in [-0.2, -0.15) is 0 Å². The summed E-state index contributed by atoms with van der Waals surface area (Å²) in [6.07, 6.45) is 3.59. The Labute approximate surface area is 189 Å². The summed E-state index contributed by atoms with van der Waals surface area (Å²) >= 11 is 2.34. The Hall–Kier alpha value is -0.279. The van der Waals surface area contributed by atoms with Gasteiger partial charge in [0.05, 0.1) is 0 Å². The molecule has 1 aliphatic carbocycles. The first-order valence-corrected chi connectivity index (χ1v) is 12.5. The molecule has 2 aromatic carbocycles.